The molecule has 0 unspecified atom stereocenters. The molecule has 0 radical (unpaired) electrons. The zero-order valence-corrected chi connectivity index (χ0v) is 13.1. The molecule has 0 spiro atoms. The summed E-state index contributed by atoms with van der Waals surface area (Å²) in [4.78, 5) is 2.29. The first kappa shape index (κ1) is 14.2. The summed E-state index contributed by atoms with van der Waals surface area (Å²) in [6.07, 6.45) is 0.970. The number of hydrogen-bond donors (Lipinski definition) is 0. The maximum Gasteiger partial charge on any atom is 0.231 e. The molecule has 0 aliphatic carbocycles. The van der Waals surface area contributed by atoms with Crippen LogP contribution in [0.4, 0.5) is 0 Å². The fourth-order valence-electron chi connectivity index (χ4n) is 2.85. The van der Waals surface area contributed by atoms with E-state index in [2.05, 4.69) is 36.2 Å². The molecular formula is C18H19NO4. The van der Waals surface area contributed by atoms with E-state index in [9.17, 15) is 0 Å². The van der Waals surface area contributed by atoms with E-state index >= 15 is 0 Å². The van der Waals surface area contributed by atoms with Crippen molar-refractivity contribution in [2.75, 3.05) is 27.2 Å². The summed E-state index contributed by atoms with van der Waals surface area (Å²) in [6.45, 7) is 2.48. The number of nitrogens with zero attached hydrogens (tertiary/aromatic N) is 1. The molecule has 5 heteroatoms. The van der Waals surface area contributed by atoms with Gasteiger partial charge in [0.25, 0.3) is 0 Å². The highest BCUT2D eigenvalue weighted by Crippen LogP contribution is 2.33. The second-order valence-electron chi connectivity index (χ2n) is 5.86. The molecule has 2 aliphatic heterocycles. The molecule has 2 aromatic rings. The van der Waals surface area contributed by atoms with Crippen LogP contribution in [0, 0.1) is 0 Å². The van der Waals surface area contributed by atoms with Gasteiger partial charge in [-0.05, 0) is 48.9 Å². The van der Waals surface area contributed by atoms with Crippen LogP contribution in [0.25, 0.3) is 0 Å². The zero-order chi connectivity index (χ0) is 15.6. The number of rotatable bonds is 5. The fraction of sp³-hybridized carbons (Fsp3) is 0.333. The van der Waals surface area contributed by atoms with Gasteiger partial charge in [0.05, 0.1) is 0 Å². The average Bonchev–Trinajstić information content (AvgIpc) is 3.20. The molecule has 0 saturated carbocycles. The summed E-state index contributed by atoms with van der Waals surface area (Å²) in [5, 5.41) is 0. The molecular weight excluding hydrogens is 294 g/mol. The van der Waals surface area contributed by atoms with E-state index < -0.39 is 0 Å². The van der Waals surface area contributed by atoms with Gasteiger partial charge in [-0.1, -0.05) is 12.1 Å². The molecule has 0 saturated heterocycles. The van der Waals surface area contributed by atoms with Crippen LogP contribution in [0.1, 0.15) is 11.1 Å². The van der Waals surface area contributed by atoms with E-state index in [1.54, 1.807) is 0 Å². The van der Waals surface area contributed by atoms with Crippen LogP contribution in [0.15, 0.2) is 36.4 Å². The van der Waals surface area contributed by atoms with Gasteiger partial charge >= 0.3 is 0 Å². The van der Waals surface area contributed by atoms with Gasteiger partial charge < -0.3 is 23.8 Å². The first-order valence-electron chi connectivity index (χ1n) is 7.73. The Morgan fingerprint density at radius 3 is 2.04 bits per heavy atom. The van der Waals surface area contributed by atoms with E-state index in [1.807, 2.05) is 12.1 Å². The average molecular weight is 313 g/mol. The molecule has 0 aromatic heterocycles. The molecule has 2 heterocycles. The van der Waals surface area contributed by atoms with Gasteiger partial charge in [-0.2, -0.15) is 0 Å². The Bertz CT molecular complexity index is 716. The molecule has 4 rings (SSSR count). The van der Waals surface area contributed by atoms with Crippen LogP contribution in [0.3, 0.4) is 0 Å². The summed E-state index contributed by atoms with van der Waals surface area (Å²) < 4.78 is 21.5. The van der Waals surface area contributed by atoms with Crippen molar-refractivity contribution in [1.29, 1.82) is 0 Å². The lowest BCUT2D eigenvalue weighted by molar-refractivity contribution is 0.173. The zero-order valence-electron chi connectivity index (χ0n) is 13.1. The summed E-state index contributed by atoms with van der Waals surface area (Å²) in [7, 11) is 2.12. The maximum absolute atomic E-state index is 5.43. The van der Waals surface area contributed by atoms with Crippen molar-refractivity contribution >= 4 is 0 Å². The van der Waals surface area contributed by atoms with Crippen molar-refractivity contribution in [3.63, 3.8) is 0 Å². The van der Waals surface area contributed by atoms with E-state index in [0.717, 1.165) is 42.5 Å². The third-order valence-electron chi connectivity index (χ3n) is 4.11. The lowest BCUT2D eigenvalue weighted by atomic mass is 10.1. The first-order chi connectivity index (χ1) is 11.3. The molecule has 0 atom stereocenters. The van der Waals surface area contributed by atoms with E-state index in [1.165, 1.54) is 11.1 Å². The number of fused-ring (bicyclic) bond motifs is 2. The molecule has 23 heavy (non-hydrogen) atoms. The molecule has 0 amide bonds. The smallest absolute Gasteiger partial charge is 0.231 e. The largest absolute Gasteiger partial charge is 0.454 e. The highest BCUT2D eigenvalue weighted by Gasteiger charge is 2.15. The lowest BCUT2D eigenvalue weighted by Crippen LogP contribution is -2.20. The van der Waals surface area contributed by atoms with Crippen molar-refractivity contribution in [1.82, 2.24) is 4.90 Å². The van der Waals surface area contributed by atoms with E-state index in [4.69, 9.17) is 18.9 Å². The van der Waals surface area contributed by atoms with E-state index in [0.29, 0.717) is 13.6 Å². The number of likely N-dealkylation sites (N-methyl/N-ethyl adjacent to an activating group) is 1. The lowest BCUT2D eigenvalue weighted by Gasteiger charge is -2.17. The SMILES string of the molecule is CN(CCc1ccc2c(c1)OCO2)Cc1ccc2c(c1)OCO2. The van der Waals surface area contributed by atoms with Crippen molar-refractivity contribution in [3.8, 4) is 23.0 Å². The van der Waals surface area contributed by atoms with Gasteiger partial charge in [-0.25, -0.2) is 0 Å². The van der Waals surface area contributed by atoms with Gasteiger partial charge in [-0.15, -0.1) is 0 Å². The second kappa shape index (κ2) is 6.01. The second-order valence-corrected chi connectivity index (χ2v) is 5.86. The molecule has 0 bridgehead atoms. The highest BCUT2D eigenvalue weighted by molar-refractivity contribution is 5.45. The van der Waals surface area contributed by atoms with Gasteiger partial charge in [0, 0.05) is 13.1 Å². The molecule has 5 nitrogen and oxygen atoms in total. The van der Waals surface area contributed by atoms with Crippen LogP contribution in [-0.4, -0.2) is 32.1 Å². The van der Waals surface area contributed by atoms with Gasteiger partial charge in [0.15, 0.2) is 23.0 Å². The monoisotopic (exact) mass is 313 g/mol. The molecule has 0 N–H and O–H groups in total. The predicted molar refractivity (Wildman–Crippen MR) is 85.2 cm³/mol. The maximum atomic E-state index is 5.43. The Labute approximate surface area is 135 Å². The minimum absolute atomic E-state index is 0.318. The van der Waals surface area contributed by atoms with E-state index in [-0.39, 0.29) is 0 Å². The summed E-state index contributed by atoms with van der Waals surface area (Å²) >= 11 is 0. The van der Waals surface area contributed by atoms with Crippen LogP contribution in [-0.2, 0) is 13.0 Å². The van der Waals surface area contributed by atoms with Gasteiger partial charge in [-0.3, -0.25) is 0 Å². The molecule has 120 valence electrons. The first-order valence-corrected chi connectivity index (χ1v) is 7.73. The predicted octanol–water partition coefficient (Wildman–Crippen LogP) is 2.82. The van der Waals surface area contributed by atoms with Crippen molar-refractivity contribution in [3.05, 3.63) is 47.5 Å². The quantitative estimate of drug-likeness (QED) is 0.849. The third-order valence-corrected chi connectivity index (χ3v) is 4.11. The molecule has 0 fully saturated rings. The van der Waals surface area contributed by atoms with Crippen LogP contribution in [0.2, 0.25) is 0 Å². The Morgan fingerprint density at radius 1 is 0.783 bits per heavy atom. The van der Waals surface area contributed by atoms with Crippen molar-refractivity contribution in [2.45, 2.75) is 13.0 Å². The van der Waals surface area contributed by atoms with Gasteiger partial charge in [0.2, 0.25) is 13.6 Å². The standard InChI is InChI=1S/C18H19NO4/c1-19(10-14-3-5-16-18(9-14)23-12-21-16)7-6-13-2-4-15-17(8-13)22-11-20-15/h2-5,8-9H,6-7,10-12H2,1H3. The molecule has 2 aromatic carbocycles. The minimum Gasteiger partial charge on any atom is -0.454 e. The summed E-state index contributed by atoms with van der Waals surface area (Å²) in [6, 6.07) is 12.3. The number of ether oxygens (including phenoxy) is 4. The van der Waals surface area contributed by atoms with Crippen molar-refractivity contribution in [2.24, 2.45) is 0 Å². The Balaban J connectivity index is 1.34. The number of benzene rings is 2. The topological polar surface area (TPSA) is 40.2 Å². The Hall–Kier alpha value is -2.40. The summed E-state index contributed by atoms with van der Waals surface area (Å²) in [5.74, 6) is 3.35. The van der Waals surface area contributed by atoms with Crippen LogP contribution in [0.5, 0.6) is 23.0 Å². The Kier molecular flexibility index (Phi) is 3.71. The van der Waals surface area contributed by atoms with Crippen LogP contribution >= 0.6 is 0 Å². The van der Waals surface area contributed by atoms with Gasteiger partial charge in [0.1, 0.15) is 0 Å². The highest BCUT2D eigenvalue weighted by atomic mass is 16.7. The minimum atomic E-state index is 0.318. The Morgan fingerprint density at radius 2 is 1.35 bits per heavy atom. The number of hydrogen-bond acceptors (Lipinski definition) is 5. The van der Waals surface area contributed by atoms with Crippen LogP contribution < -0.4 is 18.9 Å². The molecule has 2 aliphatic rings. The fourth-order valence-corrected chi connectivity index (χ4v) is 2.85. The van der Waals surface area contributed by atoms with Crippen molar-refractivity contribution < 1.29 is 18.9 Å². The normalized spacial score (nSPS) is 14.5. The summed E-state index contributed by atoms with van der Waals surface area (Å²) in [5.41, 5.74) is 2.48. The third kappa shape index (κ3) is 3.05.